The number of hydrogen-bond donors (Lipinski definition) is 1. The molecular weight excluding hydrogens is 348 g/mol. The minimum Gasteiger partial charge on any atom is -0.337 e. The van der Waals surface area contributed by atoms with Crippen molar-refractivity contribution in [3.05, 3.63) is 84.2 Å². The second kappa shape index (κ2) is 8.85. The predicted molar refractivity (Wildman–Crippen MR) is 110 cm³/mol. The molecule has 1 amide bonds. The summed E-state index contributed by atoms with van der Waals surface area (Å²) in [5.74, 6) is 0.256. The number of benzene rings is 2. The SMILES string of the molecule is O=C1CCC(NCCc2cnn(-c3ccccc3)c2)CN1Cc1ccccc1. The fraction of sp³-hybridized carbons (Fsp3) is 0.304. The van der Waals surface area contributed by atoms with Gasteiger partial charge in [-0.15, -0.1) is 0 Å². The summed E-state index contributed by atoms with van der Waals surface area (Å²) in [6.45, 7) is 2.36. The maximum atomic E-state index is 12.3. The van der Waals surface area contributed by atoms with Gasteiger partial charge in [-0.25, -0.2) is 4.68 Å². The number of likely N-dealkylation sites (tertiary alicyclic amines) is 1. The molecule has 5 nitrogen and oxygen atoms in total. The van der Waals surface area contributed by atoms with Gasteiger partial charge >= 0.3 is 0 Å². The number of aromatic nitrogens is 2. The monoisotopic (exact) mass is 374 g/mol. The molecule has 1 aliphatic rings. The van der Waals surface area contributed by atoms with Crippen molar-refractivity contribution >= 4 is 5.91 Å². The zero-order valence-electron chi connectivity index (χ0n) is 16.0. The maximum Gasteiger partial charge on any atom is 0.222 e. The molecule has 144 valence electrons. The Bertz CT molecular complexity index is 891. The van der Waals surface area contributed by atoms with Crippen molar-refractivity contribution in [2.45, 2.75) is 31.8 Å². The van der Waals surface area contributed by atoms with E-state index >= 15 is 0 Å². The first-order valence-electron chi connectivity index (χ1n) is 9.92. The van der Waals surface area contributed by atoms with Crippen molar-refractivity contribution in [1.29, 1.82) is 0 Å². The molecule has 0 bridgehead atoms. The van der Waals surface area contributed by atoms with Gasteiger partial charge in [0.25, 0.3) is 0 Å². The van der Waals surface area contributed by atoms with E-state index in [2.05, 4.69) is 40.9 Å². The third-order valence-electron chi connectivity index (χ3n) is 5.22. The first-order valence-corrected chi connectivity index (χ1v) is 9.92. The van der Waals surface area contributed by atoms with E-state index in [0.29, 0.717) is 19.0 Å². The molecule has 1 saturated heterocycles. The van der Waals surface area contributed by atoms with Gasteiger partial charge in [0, 0.05) is 31.7 Å². The molecule has 1 fully saturated rings. The van der Waals surface area contributed by atoms with E-state index in [4.69, 9.17) is 0 Å². The number of amides is 1. The largest absolute Gasteiger partial charge is 0.337 e. The number of piperidine rings is 1. The Morgan fingerprint density at radius 2 is 1.75 bits per heavy atom. The first kappa shape index (κ1) is 18.4. The fourth-order valence-corrected chi connectivity index (χ4v) is 3.67. The van der Waals surface area contributed by atoms with Crippen LogP contribution < -0.4 is 5.32 Å². The van der Waals surface area contributed by atoms with Crippen LogP contribution in [0.1, 0.15) is 24.0 Å². The van der Waals surface area contributed by atoms with Crippen LogP contribution in [0.2, 0.25) is 0 Å². The van der Waals surface area contributed by atoms with Crippen molar-refractivity contribution in [3.63, 3.8) is 0 Å². The molecule has 1 N–H and O–H groups in total. The van der Waals surface area contributed by atoms with Crippen LogP contribution in [0.4, 0.5) is 0 Å². The van der Waals surface area contributed by atoms with Crippen LogP contribution in [0.3, 0.4) is 0 Å². The van der Waals surface area contributed by atoms with Gasteiger partial charge in [-0.05, 0) is 42.6 Å². The fourth-order valence-electron chi connectivity index (χ4n) is 3.67. The highest BCUT2D eigenvalue weighted by Gasteiger charge is 2.25. The number of carbonyl (C=O) groups excluding carboxylic acids is 1. The Kier molecular flexibility index (Phi) is 5.83. The minimum absolute atomic E-state index is 0.256. The van der Waals surface area contributed by atoms with Crippen molar-refractivity contribution in [1.82, 2.24) is 20.0 Å². The summed E-state index contributed by atoms with van der Waals surface area (Å²) >= 11 is 0. The van der Waals surface area contributed by atoms with Gasteiger partial charge in [0.1, 0.15) is 0 Å². The maximum absolute atomic E-state index is 12.3. The van der Waals surface area contributed by atoms with Gasteiger partial charge < -0.3 is 10.2 Å². The summed E-state index contributed by atoms with van der Waals surface area (Å²) in [7, 11) is 0. The Morgan fingerprint density at radius 1 is 1.00 bits per heavy atom. The molecule has 2 aromatic carbocycles. The number of nitrogens with zero attached hydrogens (tertiary/aromatic N) is 3. The van der Waals surface area contributed by atoms with E-state index in [1.54, 1.807) is 0 Å². The lowest BCUT2D eigenvalue weighted by Gasteiger charge is -2.33. The Balaban J connectivity index is 1.27. The molecule has 3 aromatic rings. The average molecular weight is 374 g/mol. The molecule has 28 heavy (non-hydrogen) atoms. The standard InChI is InChI=1S/C23H26N4O/c28-23-12-11-21(18-26(23)16-19-7-3-1-4-8-19)24-14-13-20-15-25-27(17-20)22-9-5-2-6-10-22/h1-10,15,17,21,24H,11-14,16,18H2. The Hall–Kier alpha value is -2.92. The lowest BCUT2D eigenvalue weighted by molar-refractivity contribution is -0.134. The Morgan fingerprint density at radius 3 is 2.54 bits per heavy atom. The number of rotatable bonds is 7. The first-order chi connectivity index (χ1) is 13.8. The van der Waals surface area contributed by atoms with E-state index in [-0.39, 0.29) is 5.91 Å². The highest BCUT2D eigenvalue weighted by atomic mass is 16.2. The molecule has 1 atom stereocenters. The van der Waals surface area contributed by atoms with E-state index in [1.165, 1.54) is 11.1 Å². The zero-order valence-corrected chi connectivity index (χ0v) is 16.0. The summed E-state index contributed by atoms with van der Waals surface area (Å²) in [5, 5.41) is 8.08. The van der Waals surface area contributed by atoms with E-state index in [1.807, 2.05) is 52.2 Å². The van der Waals surface area contributed by atoms with Crippen molar-refractivity contribution in [2.24, 2.45) is 0 Å². The van der Waals surface area contributed by atoms with Crippen LogP contribution in [0.15, 0.2) is 73.1 Å². The predicted octanol–water partition coefficient (Wildman–Crippen LogP) is 3.20. The van der Waals surface area contributed by atoms with Gasteiger partial charge in [-0.3, -0.25) is 4.79 Å². The second-order valence-corrected chi connectivity index (χ2v) is 7.33. The normalized spacial score (nSPS) is 17.1. The lowest BCUT2D eigenvalue weighted by Crippen LogP contribution is -2.48. The van der Waals surface area contributed by atoms with Crippen LogP contribution in [0.5, 0.6) is 0 Å². The van der Waals surface area contributed by atoms with Crippen LogP contribution in [-0.4, -0.2) is 39.7 Å². The van der Waals surface area contributed by atoms with Crippen LogP contribution in [-0.2, 0) is 17.8 Å². The molecule has 0 aliphatic carbocycles. The highest BCUT2D eigenvalue weighted by molar-refractivity contribution is 5.77. The zero-order chi connectivity index (χ0) is 19.2. The van der Waals surface area contributed by atoms with Gasteiger partial charge in [-0.2, -0.15) is 5.10 Å². The van der Waals surface area contributed by atoms with Gasteiger partial charge in [0.05, 0.1) is 11.9 Å². The minimum atomic E-state index is 0.256. The average Bonchev–Trinajstić information content (AvgIpc) is 3.21. The molecule has 0 spiro atoms. The summed E-state index contributed by atoms with van der Waals surface area (Å²) < 4.78 is 1.91. The highest BCUT2D eigenvalue weighted by Crippen LogP contribution is 2.15. The van der Waals surface area contributed by atoms with Crippen molar-refractivity contribution in [3.8, 4) is 5.69 Å². The van der Waals surface area contributed by atoms with E-state index in [9.17, 15) is 4.79 Å². The van der Waals surface area contributed by atoms with Gasteiger partial charge in [-0.1, -0.05) is 48.5 Å². The lowest BCUT2D eigenvalue weighted by atomic mass is 10.0. The van der Waals surface area contributed by atoms with Crippen LogP contribution in [0, 0.1) is 0 Å². The number of nitrogens with one attached hydrogen (secondary N) is 1. The molecule has 0 radical (unpaired) electrons. The molecule has 4 rings (SSSR count). The molecule has 2 heterocycles. The quantitative estimate of drug-likeness (QED) is 0.691. The smallest absolute Gasteiger partial charge is 0.222 e. The topological polar surface area (TPSA) is 50.2 Å². The molecule has 1 unspecified atom stereocenters. The summed E-state index contributed by atoms with van der Waals surface area (Å²) in [6.07, 6.45) is 6.48. The molecular formula is C23H26N4O. The molecule has 1 aromatic heterocycles. The molecule has 5 heteroatoms. The van der Waals surface area contributed by atoms with Gasteiger partial charge in [0.15, 0.2) is 0 Å². The summed E-state index contributed by atoms with van der Waals surface area (Å²) in [4.78, 5) is 14.2. The number of hydrogen-bond acceptors (Lipinski definition) is 3. The van der Waals surface area contributed by atoms with Gasteiger partial charge in [0.2, 0.25) is 5.91 Å². The third kappa shape index (κ3) is 4.67. The van der Waals surface area contributed by atoms with E-state index < -0.39 is 0 Å². The molecule has 1 aliphatic heterocycles. The summed E-state index contributed by atoms with van der Waals surface area (Å²) in [5.41, 5.74) is 3.47. The van der Waals surface area contributed by atoms with Crippen LogP contribution in [0.25, 0.3) is 5.69 Å². The van der Waals surface area contributed by atoms with Crippen molar-refractivity contribution in [2.75, 3.05) is 13.1 Å². The van der Waals surface area contributed by atoms with E-state index in [0.717, 1.165) is 31.6 Å². The molecule has 0 saturated carbocycles. The Labute approximate surface area is 166 Å². The summed E-state index contributed by atoms with van der Waals surface area (Å²) in [6, 6.07) is 20.7. The van der Waals surface area contributed by atoms with Crippen molar-refractivity contribution < 1.29 is 4.79 Å². The third-order valence-corrected chi connectivity index (χ3v) is 5.22. The van der Waals surface area contributed by atoms with Crippen LogP contribution >= 0.6 is 0 Å². The number of para-hydroxylation sites is 1. The number of carbonyl (C=O) groups is 1. The second-order valence-electron chi connectivity index (χ2n) is 7.33.